The molecule has 0 unspecified atom stereocenters. The molecule has 0 atom stereocenters. The highest BCUT2D eigenvalue weighted by atomic mass is 79.9. The van der Waals surface area contributed by atoms with Crippen LogP contribution in [-0.4, -0.2) is 15.6 Å². The number of aryl methyl sites for hydroxylation is 2. The topological polar surface area (TPSA) is 12.9 Å². The van der Waals surface area contributed by atoms with Crippen LogP contribution >= 0.6 is 43.2 Å². The highest BCUT2D eigenvalue weighted by Gasteiger charge is 2.25. The van der Waals surface area contributed by atoms with Crippen LogP contribution in [0.4, 0.5) is 0 Å². The molecule has 0 saturated heterocycles. The molecule has 0 aliphatic rings. The zero-order valence-corrected chi connectivity index (χ0v) is 13.2. The highest BCUT2D eigenvalue weighted by molar-refractivity contribution is 9.09. The van der Waals surface area contributed by atoms with E-state index in [1.165, 1.54) is 23.4 Å². The van der Waals surface area contributed by atoms with E-state index in [0.29, 0.717) is 5.41 Å². The van der Waals surface area contributed by atoms with Gasteiger partial charge in [-0.05, 0) is 31.6 Å². The van der Waals surface area contributed by atoms with Crippen molar-refractivity contribution in [2.75, 3.05) is 10.7 Å². The highest BCUT2D eigenvalue weighted by Crippen LogP contribution is 2.33. The van der Waals surface area contributed by atoms with Gasteiger partial charge in [-0.3, -0.25) is 0 Å². The van der Waals surface area contributed by atoms with Crippen molar-refractivity contribution in [3.05, 3.63) is 16.1 Å². The first-order chi connectivity index (χ1) is 7.17. The Morgan fingerprint density at radius 2 is 2.07 bits per heavy atom. The van der Waals surface area contributed by atoms with E-state index in [2.05, 4.69) is 50.7 Å². The molecule has 0 bridgehead atoms. The van der Waals surface area contributed by atoms with Gasteiger partial charge in [-0.15, -0.1) is 11.3 Å². The molecular weight excluding hydrogens is 338 g/mol. The largest absolute Gasteiger partial charge is 0.250 e. The normalized spacial score (nSPS) is 12.0. The molecule has 1 aromatic rings. The molecule has 0 aliphatic carbocycles. The van der Waals surface area contributed by atoms with Crippen molar-refractivity contribution >= 4 is 43.2 Å². The van der Waals surface area contributed by atoms with Crippen LogP contribution in [0.5, 0.6) is 0 Å². The molecule has 0 spiro atoms. The predicted molar refractivity (Wildman–Crippen MR) is 75.5 cm³/mol. The predicted octanol–water partition coefficient (Wildman–Crippen LogP) is 4.57. The Balaban J connectivity index is 2.58. The smallest absolute Gasteiger partial charge is 0.0797 e. The molecule has 0 amide bonds. The van der Waals surface area contributed by atoms with Crippen molar-refractivity contribution in [1.29, 1.82) is 0 Å². The van der Waals surface area contributed by atoms with E-state index in [1.54, 1.807) is 11.3 Å². The van der Waals surface area contributed by atoms with Crippen molar-refractivity contribution < 1.29 is 0 Å². The molecule has 1 aromatic heterocycles. The second kappa shape index (κ2) is 6.36. The fourth-order valence-corrected chi connectivity index (χ4v) is 4.54. The summed E-state index contributed by atoms with van der Waals surface area (Å²) in [5.41, 5.74) is 3.55. The summed E-state index contributed by atoms with van der Waals surface area (Å²) in [6.45, 7) is 4.36. The first kappa shape index (κ1) is 13.7. The van der Waals surface area contributed by atoms with Gasteiger partial charge in [0.2, 0.25) is 0 Å². The summed E-state index contributed by atoms with van der Waals surface area (Å²) >= 11 is 9.05. The summed E-state index contributed by atoms with van der Waals surface area (Å²) in [7, 11) is 0. The van der Waals surface area contributed by atoms with Gasteiger partial charge in [-0.25, -0.2) is 4.98 Å². The van der Waals surface area contributed by atoms with E-state index in [-0.39, 0.29) is 0 Å². The summed E-state index contributed by atoms with van der Waals surface area (Å²) in [6.07, 6.45) is 3.59. The Hall–Kier alpha value is 0.590. The number of hydrogen-bond acceptors (Lipinski definition) is 2. The molecule has 0 N–H and O–H groups in total. The fourth-order valence-electron chi connectivity index (χ4n) is 1.48. The van der Waals surface area contributed by atoms with Gasteiger partial charge in [-0.2, -0.15) is 0 Å². The molecular formula is C11H17Br2NS. The van der Waals surface area contributed by atoms with Gasteiger partial charge >= 0.3 is 0 Å². The molecule has 1 rings (SSSR count). The van der Waals surface area contributed by atoms with Gasteiger partial charge in [0.25, 0.3) is 0 Å². The zero-order chi connectivity index (χ0) is 11.3. The molecule has 1 heterocycles. The van der Waals surface area contributed by atoms with Crippen LogP contribution in [0, 0.1) is 12.3 Å². The van der Waals surface area contributed by atoms with Crippen LogP contribution in [-0.2, 0) is 6.42 Å². The van der Waals surface area contributed by atoms with Crippen LogP contribution in [0.3, 0.4) is 0 Å². The average molecular weight is 355 g/mol. The van der Waals surface area contributed by atoms with Crippen molar-refractivity contribution in [2.24, 2.45) is 5.41 Å². The Morgan fingerprint density at radius 1 is 1.40 bits per heavy atom. The summed E-state index contributed by atoms with van der Waals surface area (Å²) < 4.78 is 0. The molecule has 0 fully saturated rings. The van der Waals surface area contributed by atoms with E-state index in [4.69, 9.17) is 0 Å². The second-order valence-corrected chi connectivity index (χ2v) is 6.04. The first-order valence-corrected chi connectivity index (χ1v) is 8.30. The lowest BCUT2D eigenvalue weighted by atomic mass is 9.85. The van der Waals surface area contributed by atoms with Gasteiger partial charge in [0.05, 0.1) is 11.2 Å². The summed E-state index contributed by atoms with van der Waals surface area (Å²) in [5, 5.41) is 2.14. The van der Waals surface area contributed by atoms with Gasteiger partial charge in [-0.1, -0.05) is 38.8 Å². The average Bonchev–Trinajstić information content (AvgIpc) is 2.67. The van der Waals surface area contributed by atoms with E-state index >= 15 is 0 Å². The molecule has 4 heteroatoms. The third kappa shape index (κ3) is 3.53. The van der Waals surface area contributed by atoms with E-state index in [0.717, 1.165) is 17.1 Å². The van der Waals surface area contributed by atoms with Gasteiger partial charge in [0.15, 0.2) is 0 Å². The van der Waals surface area contributed by atoms with Crippen LogP contribution < -0.4 is 0 Å². The number of hydrogen-bond donors (Lipinski definition) is 0. The second-order valence-electron chi connectivity index (χ2n) is 3.98. The number of nitrogens with zero attached hydrogens (tertiary/aromatic N) is 1. The molecule has 0 aromatic carbocycles. The zero-order valence-electron chi connectivity index (χ0n) is 9.22. The molecule has 0 saturated carbocycles. The Bertz CT molecular complexity index is 286. The van der Waals surface area contributed by atoms with E-state index < -0.39 is 0 Å². The molecule has 1 nitrogen and oxygen atoms in total. The third-order valence-corrected chi connectivity index (χ3v) is 6.42. The van der Waals surface area contributed by atoms with Crippen LogP contribution in [0.25, 0.3) is 0 Å². The summed E-state index contributed by atoms with van der Waals surface area (Å²) in [4.78, 5) is 5.73. The van der Waals surface area contributed by atoms with Crippen molar-refractivity contribution in [3.63, 3.8) is 0 Å². The summed E-state index contributed by atoms with van der Waals surface area (Å²) in [6, 6.07) is 0. The minimum atomic E-state index is 0.399. The molecule has 86 valence electrons. The maximum atomic E-state index is 4.29. The lowest BCUT2D eigenvalue weighted by Gasteiger charge is -2.28. The molecule has 0 aliphatic heterocycles. The summed E-state index contributed by atoms with van der Waals surface area (Å²) in [5.74, 6) is 0. The molecule has 15 heavy (non-hydrogen) atoms. The Morgan fingerprint density at radius 3 is 2.47 bits per heavy atom. The van der Waals surface area contributed by atoms with E-state index in [9.17, 15) is 0 Å². The third-order valence-electron chi connectivity index (χ3n) is 3.04. The Kier molecular flexibility index (Phi) is 5.79. The first-order valence-electron chi connectivity index (χ1n) is 5.18. The SMILES string of the molecule is CCC(CBr)(CBr)CCc1scnc1C. The van der Waals surface area contributed by atoms with Crippen molar-refractivity contribution in [1.82, 2.24) is 4.98 Å². The lowest BCUT2D eigenvalue weighted by Crippen LogP contribution is -2.24. The number of rotatable bonds is 6. The maximum absolute atomic E-state index is 4.29. The molecule has 0 radical (unpaired) electrons. The van der Waals surface area contributed by atoms with E-state index in [1.807, 2.05) is 5.51 Å². The number of alkyl halides is 2. The van der Waals surface area contributed by atoms with Crippen LogP contribution in [0.1, 0.15) is 30.3 Å². The minimum absolute atomic E-state index is 0.399. The lowest BCUT2D eigenvalue weighted by molar-refractivity contribution is 0.346. The minimum Gasteiger partial charge on any atom is -0.250 e. The van der Waals surface area contributed by atoms with Gasteiger partial charge < -0.3 is 0 Å². The number of halogens is 2. The number of aromatic nitrogens is 1. The van der Waals surface area contributed by atoms with Crippen molar-refractivity contribution in [3.8, 4) is 0 Å². The van der Waals surface area contributed by atoms with Gasteiger partial charge in [0, 0.05) is 15.5 Å². The van der Waals surface area contributed by atoms with Crippen LogP contribution in [0.15, 0.2) is 5.51 Å². The number of thiazole rings is 1. The maximum Gasteiger partial charge on any atom is 0.0797 e. The van der Waals surface area contributed by atoms with Crippen molar-refractivity contribution in [2.45, 2.75) is 33.1 Å². The van der Waals surface area contributed by atoms with Crippen LogP contribution in [0.2, 0.25) is 0 Å². The standard InChI is InChI=1S/C11H17Br2NS/c1-3-11(6-12,7-13)5-4-10-9(2)14-8-15-10/h8H,3-7H2,1-2H3. The van der Waals surface area contributed by atoms with Gasteiger partial charge in [0.1, 0.15) is 0 Å². The Labute approximate surface area is 113 Å². The fraction of sp³-hybridized carbons (Fsp3) is 0.727. The monoisotopic (exact) mass is 353 g/mol. The quantitative estimate of drug-likeness (QED) is 0.682.